The Labute approximate surface area is 137 Å². The minimum Gasteiger partial charge on any atom is -0.462 e. The molecule has 1 aromatic carbocycles. The Bertz CT molecular complexity index is 675. The maximum atomic E-state index is 10.7. The Hall–Kier alpha value is -1.60. The van der Waals surface area contributed by atoms with Crippen LogP contribution in [0, 0.1) is 0 Å². The molecule has 0 aliphatic carbocycles. The third-order valence-corrected chi connectivity index (χ3v) is 3.73. The van der Waals surface area contributed by atoms with Crippen LogP contribution in [-0.2, 0) is 19.3 Å². The second-order valence-electron chi connectivity index (χ2n) is 5.04. The lowest BCUT2D eigenvalue weighted by Crippen LogP contribution is -2.60. The fraction of sp³-hybridized carbons (Fsp3) is 0.462. The Balaban J connectivity index is 2.11. The van der Waals surface area contributed by atoms with Crippen molar-refractivity contribution >= 4 is 16.7 Å². The zero-order valence-corrected chi connectivity index (χ0v) is 12.9. The Morgan fingerprint density at radius 1 is 1.17 bits per heavy atom. The van der Waals surface area contributed by atoms with E-state index in [2.05, 4.69) is 4.18 Å². The van der Waals surface area contributed by atoms with Crippen LogP contribution in [0.15, 0.2) is 24.3 Å². The molecule has 0 amide bonds. The molecule has 1 aliphatic rings. The number of aldehydes is 1. The number of aliphatic hydroxyl groups is 3. The first-order valence-electron chi connectivity index (χ1n) is 6.74. The van der Waals surface area contributed by atoms with Gasteiger partial charge in [-0.3, -0.25) is 9.35 Å². The van der Waals surface area contributed by atoms with Crippen molar-refractivity contribution in [3.05, 3.63) is 29.8 Å². The lowest BCUT2D eigenvalue weighted by molar-refractivity contribution is -0.276. The van der Waals surface area contributed by atoms with Gasteiger partial charge in [-0.15, -0.1) is 0 Å². The van der Waals surface area contributed by atoms with Crippen LogP contribution in [0.25, 0.3) is 0 Å². The zero-order chi connectivity index (χ0) is 17.9. The molecule has 5 atom stereocenters. The first-order valence-corrected chi connectivity index (χ1v) is 8.11. The van der Waals surface area contributed by atoms with Crippen LogP contribution < -0.4 is 4.74 Å². The van der Waals surface area contributed by atoms with E-state index in [0.29, 0.717) is 11.8 Å². The molecule has 1 aliphatic heterocycles. The molecule has 1 fully saturated rings. The lowest BCUT2D eigenvalue weighted by Gasteiger charge is -2.39. The highest BCUT2D eigenvalue weighted by atomic mass is 32.3. The molecule has 1 heterocycles. The van der Waals surface area contributed by atoms with Crippen molar-refractivity contribution in [2.45, 2.75) is 30.7 Å². The highest BCUT2D eigenvalue weighted by molar-refractivity contribution is 7.80. The third kappa shape index (κ3) is 4.70. The molecule has 11 heteroatoms. The van der Waals surface area contributed by atoms with Crippen LogP contribution in [0.1, 0.15) is 10.4 Å². The third-order valence-electron chi connectivity index (χ3n) is 3.30. The number of hydrogen-bond acceptors (Lipinski definition) is 9. The number of benzene rings is 1. The van der Waals surface area contributed by atoms with E-state index in [1.54, 1.807) is 0 Å². The van der Waals surface area contributed by atoms with Crippen LogP contribution in [-0.4, -0.2) is 71.9 Å². The molecule has 134 valence electrons. The molecular formula is C13H16O10S. The average Bonchev–Trinajstić information content (AvgIpc) is 2.53. The highest BCUT2D eigenvalue weighted by Gasteiger charge is 2.45. The molecule has 1 aromatic rings. The molecule has 0 radical (unpaired) electrons. The van der Waals surface area contributed by atoms with Gasteiger partial charge in [-0.25, -0.2) is 4.18 Å². The number of hydrogen-bond donors (Lipinski definition) is 4. The van der Waals surface area contributed by atoms with Gasteiger partial charge in [-0.1, -0.05) is 12.1 Å². The molecule has 0 saturated carbocycles. The maximum Gasteiger partial charge on any atom is 0.397 e. The predicted molar refractivity (Wildman–Crippen MR) is 76.6 cm³/mol. The first kappa shape index (κ1) is 18.7. The van der Waals surface area contributed by atoms with Crippen molar-refractivity contribution in [3.63, 3.8) is 0 Å². The van der Waals surface area contributed by atoms with Crippen molar-refractivity contribution < 1.29 is 46.7 Å². The predicted octanol–water partition coefficient (Wildman–Crippen LogP) is -1.50. The van der Waals surface area contributed by atoms with E-state index >= 15 is 0 Å². The summed E-state index contributed by atoms with van der Waals surface area (Å²) in [7, 11) is -4.78. The van der Waals surface area contributed by atoms with E-state index in [1.165, 1.54) is 24.3 Å². The molecule has 0 unspecified atom stereocenters. The fourth-order valence-corrected chi connectivity index (χ4v) is 2.41. The molecule has 0 aromatic heterocycles. The molecule has 0 bridgehead atoms. The summed E-state index contributed by atoms with van der Waals surface area (Å²) in [6.45, 7) is -0.808. The van der Waals surface area contributed by atoms with Gasteiger partial charge in [0, 0.05) is 5.56 Å². The molecule has 24 heavy (non-hydrogen) atoms. The summed E-state index contributed by atoms with van der Waals surface area (Å²) in [5, 5.41) is 29.5. The van der Waals surface area contributed by atoms with Gasteiger partial charge in [0.25, 0.3) is 0 Å². The molecular weight excluding hydrogens is 348 g/mol. The van der Waals surface area contributed by atoms with Crippen molar-refractivity contribution in [1.29, 1.82) is 0 Å². The molecule has 10 nitrogen and oxygen atoms in total. The van der Waals surface area contributed by atoms with Gasteiger partial charge in [-0.2, -0.15) is 8.42 Å². The Kier molecular flexibility index (Phi) is 5.87. The summed E-state index contributed by atoms with van der Waals surface area (Å²) in [5.74, 6) is 0.140. The molecule has 2 rings (SSSR count). The minimum atomic E-state index is -4.78. The quantitative estimate of drug-likeness (QED) is 0.346. The molecule has 0 spiro atoms. The lowest BCUT2D eigenvalue weighted by atomic mass is 9.99. The first-order chi connectivity index (χ1) is 11.2. The van der Waals surface area contributed by atoms with E-state index in [-0.39, 0.29) is 5.75 Å². The van der Waals surface area contributed by atoms with Crippen LogP contribution in [0.4, 0.5) is 0 Å². The van der Waals surface area contributed by atoms with Gasteiger partial charge in [-0.05, 0) is 12.1 Å². The smallest absolute Gasteiger partial charge is 0.397 e. The summed E-state index contributed by atoms with van der Waals surface area (Å²) >= 11 is 0. The number of ether oxygens (including phenoxy) is 2. The van der Waals surface area contributed by atoms with Crippen molar-refractivity contribution in [1.82, 2.24) is 0 Å². The molecule has 4 N–H and O–H groups in total. The normalized spacial score (nSPS) is 30.8. The SMILES string of the molecule is O=Cc1cccc(O[C@@H]2O[C@H](COS(=O)(=O)O)[C@@H](O)[C@H](O)[C@H]2O)c1. The van der Waals surface area contributed by atoms with E-state index < -0.39 is 47.7 Å². The molecule has 1 saturated heterocycles. The van der Waals surface area contributed by atoms with Gasteiger partial charge < -0.3 is 24.8 Å². The minimum absolute atomic E-state index is 0.140. The van der Waals surface area contributed by atoms with Crippen molar-refractivity contribution in [2.24, 2.45) is 0 Å². The summed E-state index contributed by atoms with van der Waals surface area (Å²) < 4.78 is 44.3. The largest absolute Gasteiger partial charge is 0.462 e. The van der Waals surface area contributed by atoms with Crippen molar-refractivity contribution in [3.8, 4) is 5.75 Å². The zero-order valence-electron chi connectivity index (χ0n) is 12.1. The second kappa shape index (κ2) is 7.53. The number of carbonyl (C=O) groups excluding carboxylic acids is 1. The van der Waals surface area contributed by atoms with Gasteiger partial charge >= 0.3 is 10.4 Å². The fourth-order valence-electron chi connectivity index (χ4n) is 2.10. The second-order valence-corrected chi connectivity index (χ2v) is 6.13. The summed E-state index contributed by atoms with van der Waals surface area (Å²) in [6, 6.07) is 5.84. The highest BCUT2D eigenvalue weighted by Crippen LogP contribution is 2.25. The summed E-state index contributed by atoms with van der Waals surface area (Å²) in [5.41, 5.74) is 0.296. The van der Waals surface area contributed by atoms with Crippen LogP contribution in [0.2, 0.25) is 0 Å². The Morgan fingerprint density at radius 3 is 2.50 bits per heavy atom. The monoisotopic (exact) mass is 364 g/mol. The average molecular weight is 364 g/mol. The van der Waals surface area contributed by atoms with E-state index in [9.17, 15) is 28.5 Å². The van der Waals surface area contributed by atoms with Crippen LogP contribution >= 0.6 is 0 Å². The topological polar surface area (TPSA) is 160 Å². The van der Waals surface area contributed by atoms with E-state index in [4.69, 9.17) is 14.0 Å². The van der Waals surface area contributed by atoms with Gasteiger partial charge in [0.1, 0.15) is 36.5 Å². The maximum absolute atomic E-state index is 10.7. The standard InChI is InChI=1S/C13H16O10S/c14-5-7-2-1-3-8(4-7)22-13-12(17)11(16)10(15)9(23-13)6-21-24(18,19)20/h1-5,9-13,15-17H,6H2,(H,18,19,20)/t9-,10-,11+,12-,13-/m1/s1. The van der Waals surface area contributed by atoms with Gasteiger partial charge in [0.15, 0.2) is 0 Å². The van der Waals surface area contributed by atoms with Crippen LogP contribution in [0.5, 0.6) is 5.75 Å². The number of aliphatic hydroxyl groups excluding tert-OH is 3. The summed E-state index contributed by atoms with van der Waals surface area (Å²) in [4.78, 5) is 10.7. The number of carbonyl (C=O) groups is 1. The van der Waals surface area contributed by atoms with E-state index in [1.807, 2.05) is 0 Å². The van der Waals surface area contributed by atoms with Crippen molar-refractivity contribution in [2.75, 3.05) is 6.61 Å². The Morgan fingerprint density at radius 2 is 1.88 bits per heavy atom. The summed E-state index contributed by atoms with van der Waals surface area (Å²) in [6.07, 6.45) is -7.34. The van der Waals surface area contributed by atoms with E-state index in [0.717, 1.165) is 0 Å². The van der Waals surface area contributed by atoms with Gasteiger partial charge in [0.2, 0.25) is 6.29 Å². The number of rotatable bonds is 6. The van der Waals surface area contributed by atoms with Crippen LogP contribution in [0.3, 0.4) is 0 Å². The van der Waals surface area contributed by atoms with Gasteiger partial charge in [0.05, 0.1) is 6.61 Å².